The van der Waals surface area contributed by atoms with Crippen molar-refractivity contribution >= 4 is 16.7 Å². The van der Waals surface area contributed by atoms with Crippen molar-refractivity contribution in [3.63, 3.8) is 0 Å². The van der Waals surface area contributed by atoms with Gasteiger partial charge in [-0.15, -0.1) is 0 Å². The maximum atomic E-state index is 12.5. The zero-order valence-corrected chi connectivity index (χ0v) is 12.9. The SMILES string of the molecule is CCN(C(=O)Cn1ncc2ccccc2c1=O)C1CCCC1. The van der Waals surface area contributed by atoms with Crippen LogP contribution in [0.4, 0.5) is 0 Å². The number of amides is 1. The van der Waals surface area contributed by atoms with Gasteiger partial charge in [0.25, 0.3) is 5.56 Å². The van der Waals surface area contributed by atoms with Crippen molar-refractivity contribution in [1.29, 1.82) is 0 Å². The van der Waals surface area contributed by atoms with E-state index in [2.05, 4.69) is 5.10 Å². The molecule has 0 bridgehead atoms. The van der Waals surface area contributed by atoms with Gasteiger partial charge in [0.15, 0.2) is 0 Å². The number of benzene rings is 1. The summed E-state index contributed by atoms with van der Waals surface area (Å²) in [7, 11) is 0. The molecular formula is C17H21N3O2. The Bertz CT molecular complexity index is 732. The normalized spacial score (nSPS) is 15.3. The second-order valence-corrected chi connectivity index (χ2v) is 5.81. The minimum atomic E-state index is -0.200. The quantitative estimate of drug-likeness (QED) is 0.869. The van der Waals surface area contributed by atoms with Gasteiger partial charge in [-0.3, -0.25) is 9.59 Å². The maximum Gasteiger partial charge on any atom is 0.275 e. The van der Waals surface area contributed by atoms with E-state index in [0.29, 0.717) is 18.0 Å². The molecule has 2 aromatic rings. The Morgan fingerprint density at radius 2 is 2.05 bits per heavy atom. The van der Waals surface area contributed by atoms with Crippen LogP contribution in [0, 0.1) is 0 Å². The Morgan fingerprint density at radius 1 is 1.32 bits per heavy atom. The fourth-order valence-corrected chi connectivity index (χ4v) is 3.31. The molecule has 1 saturated carbocycles. The Kier molecular flexibility index (Phi) is 4.22. The molecule has 1 fully saturated rings. The van der Waals surface area contributed by atoms with Crippen LogP contribution in [0.2, 0.25) is 0 Å². The van der Waals surface area contributed by atoms with Crippen molar-refractivity contribution in [3.05, 3.63) is 40.8 Å². The molecule has 22 heavy (non-hydrogen) atoms. The van der Waals surface area contributed by atoms with Crippen LogP contribution in [0.5, 0.6) is 0 Å². The van der Waals surface area contributed by atoms with Gasteiger partial charge >= 0.3 is 0 Å². The summed E-state index contributed by atoms with van der Waals surface area (Å²) in [5, 5.41) is 5.56. The lowest BCUT2D eigenvalue weighted by molar-refractivity contribution is -0.134. The first kappa shape index (κ1) is 14.8. The van der Waals surface area contributed by atoms with Crippen molar-refractivity contribution in [2.45, 2.75) is 45.2 Å². The van der Waals surface area contributed by atoms with Crippen LogP contribution in [0.3, 0.4) is 0 Å². The maximum absolute atomic E-state index is 12.5. The van der Waals surface area contributed by atoms with Crippen LogP contribution in [-0.4, -0.2) is 33.2 Å². The molecule has 1 amide bonds. The van der Waals surface area contributed by atoms with Gasteiger partial charge in [-0.1, -0.05) is 31.0 Å². The van der Waals surface area contributed by atoms with Gasteiger partial charge in [-0.25, -0.2) is 4.68 Å². The first-order valence-electron chi connectivity index (χ1n) is 7.95. The third-order valence-electron chi connectivity index (χ3n) is 4.47. The highest BCUT2D eigenvalue weighted by Gasteiger charge is 2.25. The molecule has 1 aliphatic rings. The summed E-state index contributed by atoms with van der Waals surface area (Å²) in [6, 6.07) is 7.65. The third-order valence-corrected chi connectivity index (χ3v) is 4.47. The summed E-state index contributed by atoms with van der Waals surface area (Å²) in [5.74, 6) is -0.0146. The van der Waals surface area contributed by atoms with Gasteiger partial charge in [-0.2, -0.15) is 5.10 Å². The van der Waals surface area contributed by atoms with E-state index in [-0.39, 0.29) is 18.0 Å². The highest BCUT2D eigenvalue weighted by molar-refractivity contribution is 5.81. The van der Waals surface area contributed by atoms with E-state index in [1.165, 1.54) is 17.5 Å². The van der Waals surface area contributed by atoms with Gasteiger partial charge in [0, 0.05) is 18.0 Å². The lowest BCUT2D eigenvalue weighted by atomic mass is 10.2. The second-order valence-electron chi connectivity index (χ2n) is 5.81. The molecule has 0 N–H and O–H groups in total. The molecule has 0 radical (unpaired) electrons. The summed E-state index contributed by atoms with van der Waals surface area (Å²) in [6.45, 7) is 2.70. The minimum absolute atomic E-state index is 0.0146. The van der Waals surface area contributed by atoms with Crippen molar-refractivity contribution in [2.24, 2.45) is 0 Å². The molecule has 3 rings (SSSR count). The van der Waals surface area contributed by atoms with Gasteiger partial charge in [0.2, 0.25) is 5.91 Å². The topological polar surface area (TPSA) is 55.2 Å². The predicted molar refractivity (Wildman–Crippen MR) is 85.6 cm³/mol. The van der Waals surface area contributed by atoms with Gasteiger partial charge in [0.1, 0.15) is 6.54 Å². The van der Waals surface area contributed by atoms with E-state index in [4.69, 9.17) is 0 Å². The summed E-state index contributed by atoms with van der Waals surface area (Å²) >= 11 is 0. The second kappa shape index (κ2) is 6.30. The zero-order chi connectivity index (χ0) is 15.5. The molecule has 0 saturated heterocycles. The van der Waals surface area contributed by atoms with E-state index in [1.54, 1.807) is 12.3 Å². The molecule has 1 aromatic heterocycles. The minimum Gasteiger partial charge on any atom is -0.338 e. The van der Waals surface area contributed by atoms with E-state index < -0.39 is 0 Å². The van der Waals surface area contributed by atoms with Gasteiger partial charge < -0.3 is 4.90 Å². The smallest absolute Gasteiger partial charge is 0.275 e. The van der Waals surface area contributed by atoms with E-state index in [9.17, 15) is 9.59 Å². The number of fused-ring (bicyclic) bond motifs is 1. The van der Waals surface area contributed by atoms with Crippen molar-refractivity contribution < 1.29 is 4.79 Å². The lowest BCUT2D eigenvalue weighted by Crippen LogP contribution is -2.42. The summed E-state index contributed by atoms with van der Waals surface area (Å²) < 4.78 is 1.28. The Labute approximate surface area is 129 Å². The van der Waals surface area contributed by atoms with E-state index >= 15 is 0 Å². The van der Waals surface area contributed by atoms with Gasteiger partial charge in [0.05, 0.1) is 11.6 Å². The summed E-state index contributed by atoms with van der Waals surface area (Å²) in [4.78, 5) is 26.9. The van der Waals surface area contributed by atoms with Crippen molar-refractivity contribution in [1.82, 2.24) is 14.7 Å². The van der Waals surface area contributed by atoms with Crippen LogP contribution < -0.4 is 5.56 Å². The molecule has 0 aliphatic heterocycles. The molecule has 1 aliphatic carbocycles. The van der Waals surface area contributed by atoms with Crippen LogP contribution >= 0.6 is 0 Å². The molecule has 0 spiro atoms. The van der Waals surface area contributed by atoms with Crippen LogP contribution in [-0.2, 0) is 11.3 Å². The van der Waals surface area contributed by atoms with E-state index in [1.807, 2.05) is 30.0 Å². The number of carbonyl (C=O) groups is 1. The Hall–Kier alpha value is -2.17. The van der Waals surface area contributed by atoms with Crippen molar-refractivity contribution in [3.8, 4) is 0 Å². The molecule has 116 valence electrons. The highest BCUT2D eigenvalue weighted by Crippen LogP contribution is 2.23. The molecule has 1 heterocycles. The number of likely N-dealkylation sites (N-methyl/N-ethyl adjacent to an activating group) is 1. The number of aromatic nitrogens is 2. The monoisotopic (exact) mass is 299 g/mol. The fraction of sp³-hybridized carbons (Fsp3) is 0.471. The van der Waals surface area contributed by atoms with Crippen LogP contribution in [0.15, 0.2) is 35.3 Å². The van der Waals surface area contributed by atoms with E-state index in [0.717, 1.165) is 18.2 Å². The summed E-state index contributed by atoms with van der Waals surface area (Å²) in [6.07, 6.45) is 6.15. The molecule has 5 nitrogen and oxygen atoms in total. The molecule has 5 heteroatoms. The zero-order valence-electron chi connectivity index (χ0n) is 12.9. The highest BCUT2D eigenvalue weighted by atomic mass is 16.2. The molecule has 0 unspecified atom stereocenters. The molecule has 0 atom stereocenters. The number of hydrogen-bond acceptors (Lipinski definition) is 3. The third kappa shape index (κ3) is 2.75. The first-order valence-corrected chi connectivity index (χ1v) is 7.95. The lowest BCUT2D eigenvalue weighted by Gasteiger charge is -2.27. The summed E-state index contributed by atoms with van der Waals surface area (Å²) in [5.41, 5.74) is -0.200. The Morgan fingerprint density at radius 3 is 2.77 bits per heavy atom. The number of rotatable bonds is 4. The molecule has 1 aromatic carbocycles. The largest absolute Gasteiger partial charge is 0.338 e. The average Bonchev–Trinajstić information content (AvgIpc) is 3.05. The fourth-order valence-electron chi connectivity index (χ4n) is 3.31. The first-order chi connectivity index (χ1) is 10.7. The predicted octanol–water partition coefficient (Wildman–Crippen LogP) is 2.19. The standard InChI is InChI=1S/C17H21N3O2/c1-2-19(14-8-4-5-9-14)16(21)12-20-17(22)15-10-6-3-7-13(15)11-18-20/h3,6-7,10-11,14H,2,4-5,8-9,12H2,1H3. The number of hydrogen-bond donors (Lipinski definition) is 0. The van der Waals surface area contributed by atoms with Gasteiger partial charge in [-0.05, 0) is 25.8 Å². The van der Waals surface area contributed by atoms with Crippen molar-refractivity contribution in [2.75, 3.05) is 6.54 Å². The number of carbonyl (C=O) groups excluding carboxylic acids is 1. The van der Waals surface area contributed by atoms with Crippen LogP contribution in [0.1, 0.15) is 32.6 Å². The van der Waals surface area contributed by atoms with Crippen LogP contribution in [0.25, 0.3) is 10.8 Å². The molecular weight excluding hydrogens is 278 g/mol. The number of nitrogens with zero attached hydrogens (tertiary/aromatic N) is 3. The average molecular weight is 299 g/mol. The Balaban J connectivity index is 1.84.